The molecular weight excluding hydrogens is 274 g/mol. The van der Waals surface area contributed by atoms with Crippen molar-refractivity contribution in [2.75, 3.05) is 7.11 Å². The van der Waals surface area contributed by atoms with E-state index in [4.69, 9.17) is 16.3 Å². The summed E-state index contributed by atoms with van der Waals surface area (Å²) in [4.78, 5) is 14.7. The van der Waals surface area contributed by atoms with E-state index in [0.29, 0.717) is 11.6 Å². The number of carbonyl (C=O) groups excluding carboxylic acids is 1. The van der Waals surface area contributed by atoms with Gasteiger partial charge in [-0.15, -0.1) is 0 Å². The molecule has 0 saturated carbocycles. The maximum atomic E-state index is 11.6. The van der Waals surface area contributed by atoms with Crippen molar-refractivity contribution in [2.45, 2.75) is 25.2 Å². The Morgan fingerprint density at radius 1 is 1.40 bits per heavy atom. The minimum Gasteiger partial charge on any atom is -0.464 e. The van der Waals surface area contributed by atoms with E-state index in [1.165, 1.54) is 23.9 Å². The molecule has 0 saturated heterocycles. The van der Waals surface area contributed by atoms with Gasteiger partial charge in [-0.2, -0.15) is 0 Å². The summed E-state index contributed by atoms with van der Waals surface area (Å²) in [5, 5.41) is 0.760. The molecule has 1 aromatic heterocycles. The summed E-state index contributed by atoms with van der Waals surface area (Å²) in [6.07, 6.45) is 3.08. The molecule has 0 fully saturated rings. The number of carbonyl (C=O) groups is 1. The van der Waals surface area contributed by atoms with Crippen molar-refractivity contribution in [2.24, 2.45) is 0 Å². The summed E-state index contributed by atoms with van der Waals surface area (Å²) >= 11 is 5.91. The number of aromatic nitrogens is 1. The van der Waals surface area contributed by atoms with E-state index < -0.39 is 0 Å². The number of H-pyrrole nitrogens is 1. The summed E-state index contributed by atoms with van der Waals surface area (Å²) in [5.74, 6) is 0.158. The molecule has 0 bridgehead atoms. The van der Waals surface area contributed by atoms with Crippen molar-refractivity contribution in [1.82, 2.24) is 4.98 Å². The van der Waals surface area contributed by atoms with Crippen molar-refractivity contribution in [3.8, 4) is 0 Å². The SMILES string of the molecule is COC(=O)c1cc2c([nH]1)CC[C@H]2Cc1ccc(Cl)cc1. The number of hydrogen-bond donors (Lipinski definition) is 1. The number of aromatic amines is 1. The molecule has 1 aliphatic carbocycles. The van der Waals surface area contributed by atoms with E-state index in [1.807, 2.05) is 18.2 Å². The van der Waals surface area contributed by atoms with Crippen LogP contribution in [0, 0.1) is 0 Å². The Balaban J connectivity index is 1.80. The summed E-state index contributed by atoms with van der Waals surface area (Å²) in [5.41, 5.74) is 4.25. The molecule has 1 atom stereocenters. The van der Waals surface area contributed by atoms with Crippen LogP contribution < -0.4 is 0 Å². The molecule has 0 spiro atoms. The van der Waals surface area contributed by atoms with Crippen LogP contribution in [0.4, 0.5) is 0 Å². The first kappa shape index (κ1) is 13.3. The lowest BCUT2D eigenvalue weighted by Gasteiger charge is -2.10. The summed E-state index contributed by atoms with van der Waals surface area (Å²) in [6.45, 7) is 0. The summed E-state index contributed by atoms with van der Waals surface area (Å²) in [7, 11) is 1.40. The highest BCUT2D eigenvalue weighted by Crippen LogP contribution is 2.36. The number of ether oxygens (including phenoxy) is 1. The number of aryl methyl sites for hydroxylation is 1. The maximum absolute atomic E-state index is 11.6. The molecule has 3 nitrogen and oxygen atoms in total. The molecule has 104 valence electrons. The van der Waals surface area contributed by atoms with Crippen molar-refractivity contribution >= 4 is 17.6 Å². The van der Waals surface area contributed by atoms with Gasteiger partial charge < -0.3 is 9.72 Å². The highest BCUT2D eigenvalue weighted by atomic mass is 35.5. The number of rotatable bonds is 3. The smallest absolute Gasteiger partial charge is 0.354 e. The highest BCUT2D eigenvalue weighted by Gasteiger charge is 2.26. The molecule has 1 aromatic carbocycles. The molecule has 1 heterocycles. The molecule has 0 unspecified atom stereocenters. The third kappa shape index (κ3) is 2.46. The second-order valence-electron chi connectivity index (χ2n) is 5.17. The molecule has 1 N–H and O–H groups in total. The molecule has 0 amide bonds. The van der Waals surface area contributed by atoms with Gasteiger partial charge in [0.05, 0.1) is 7.11 Å². The number of esters is 1. The second kappa shape index (κ2) is 5.33. The third-order valence-corrected chi connectivity index (χ3v) is 4.17. The first-order valence-corrected chi connectivity index (χ1v) is 7.09. The topological polar surface area (TPSA) is 42.1 Å². The van der Waals surface area contributed by atoms with Gasteiger partial charge in [-0.25, -0.2) is 4.79 Å². The minimum absolute atomic E-state index is 0.301. The number of benzene rings is 1. The first-order chi connectivity index (χ1) is 9.67. The number of nitrogens with one attached hydrogen (secondary N) is 1. The Kier molecular flexibility index (Phi) is 3.53. The molecule has 1 aliphatic rings. The van der Waals surface area contributed by atoms with Gasteiger partial charge in [0.25, 0.3) is 0 Å². The standard InChI is InChI=1S/C16H16ClNO2/c1-20-16(19)15-9-13-11(4-7-14(13)18-15)8-10-2-5-12(17)6-3-10/h2-3,5-6,9,11,18H,4,7-8H2,1H3/t11-/m0/s1. The van der Waals surface area contributed by atoms with Crippen LogP contribution in [0.1, 0.15) is 39.6 Å². The fraction of sp³-hybridized carbons (Fsp3) is 0.312. The average molecular weight is 290 g/mol. The van der Waals surface area contributed by atoms with Crippen LogP contribution in [0.5, 0.6) is 0 Å². The van der Waals surface area contributed by atoms with Gasteiger partial charge in [0.15, 0.2) is 0 Å². The number of methoxy groups -OCH3 is 1. The maximum Gasteiger partial charge on any atom is 0.354 e. The Morgan fingerprint density at radius 3 is 2.85 bits per heavy atom. The normalized spacial score (nSPS) is 17.0. The molecule has 2 aromatic rings. The Hall–Kier alpha value is -1.74. The van der Waals surface area contributed by atoms with Crippen LogP contribution in [-0.2, 0) is 17.6 Å². The molecule has 4 heteroatoms. The predicted octanol–water partition coefficient (Wildman–Crippen LogP) is 3.73. The van der Waals surface area contributed by atoms with Gasteiger partial charge in [0, 0.05) is 10.7 Å². The van der Waals surface area contributed by atoms with Crippen molar-refractivity contribution < 1.29 is 9.53 Å². The summed E-state index contributed by atoms with van der Waals surface area (Å²) in [6, 6.07) is 9.91. The lowest BCUT2D eigenvalue weighted by Crippen LogP contribution is -2.02. The number of hydrogen-bond acceptors (Lipinski definition) is 2. The van der Waals surface area contributed by atoms with E-state index in [1.54, 1.807) is 0 Å². The third-order valence-electron chi connectivity index (χ3n) is 3.92. The van der Waals surface area contributed by atoms with Crippen LogP contribution in [0.25, 0.3) is 0 Å². The van der Waals surface area contributed by atoms with Gasteiger partial charge >= 0.3 is 5.97 Å². The van der Waals surface area contributed by atoms with Crippen molar-refractivity contribution in [3.05, 3.63) is 57.9 Å². The van der Waals surface area contributed by atoms with Crippen LogP contribution in [0.15, 0.2) is 30.3 Å². The highest BCUT2D eigenvalue weighted by molar-refractivity contribution is 6.30. The van der Waals surface area contributed by atoms with E-state index in [-0.39, 0.29) is 5.97 Å². The fourth-order valence-electron chi connectivity index (χ4n) is 2.90. The zero-order valence-corrected chi connectivity index (χ0v) is 12.0. The van der Waals surface area contributed by atoms with Crippen LogP contribution in [0.3, 0.4) is 0 Å². The monoisotopic (exact) mass is 289 g/mol. The van der Waals surface area contributed by atoms with Crippen LogP contribution >= 0.6 is 11.6 Å². The van der Waals surface area contributed by atoms with Crippen LogP contribution in [-0.4, -0.2) is 18.1 Å². The molecule has 20 heavy (non-hydrogen) atoms. The van der Waals surface area contributed by atoms with Gasteiger partial charge in [-0.3, -0.25) is 0 Å². The lowest BCUT2D eigenvalue weighted by molar-refractivity contribution is 0.0594. The quantitative estimate of drug-likeness (QED) is 0.875. The number of fused-ring (bicyclic) bond motifs is 1. The van der Waals surface area contributed by atoms with Gasteiger partial charge in [0.2, 0.25) is 0 Å². The largest absolute Gasteiger partial charge is 0.464 e. The van der Waals surface area contributed by atoms with E-state index in [9.17, 15) is 4.79 Å². The zero-order chi connectivity index (χ0) is 14.1. The van der Waals surface area contributed by atoms with Crippen LogP contribution in [0.2, 0.25) is 5.02 Å². The minimum atomic E-state index is -0.301. The lowest BCUT2D eigenvalue weighted by atomic mass is 9.95. The van der Waals surface area contributed by atoms with E-state index in [2.05, 4.69) is 17.1 Å². The molecule has 0 aliphatic heterocycles. The van der Waals surface area contributed by atoms with Gasteiger partial charge in [-0.05, 0) is 54.5 Å². The fourth-order valence-corrected chi connectivity index (χ4v) is 3.02. The summed E-state index contributed by atoms with van der Waals surface area (Å²) < 4.78 is 4.76. The Morgan fingerprint density at radius 2 is 2.15 bits per heavy atom. The molecule has 3 rings (SSSR count). The van der Waals surface area contributed by atoms with Gasteiger partial charge in [-0.1, -0.05) is 23.7 Å². The first-order valence-electron chi connectivity index (χ1n) is 6.72. The molecular formula is C16H16ClNO2. The van der Waals surface area contributed by atoms with Crippen molar-refractivity contribution in [1.29, 1.82) is 0 Å². The average Bonchev–Trinajstić information content (AvgIpc) is 3.02. The Labute approximate surface area is 122 Å². The van der Waals surface area contributed by atoms with Gasteiger partial charge in [0.1, 0.15) is 5.69 Å². The molecule has 0 radical (unpaired) electrons. The zero-order valence-electron chi connectivity index (χ0n) is 11.3. The second-order valence-corrected chi connectivity index (χ2v) is 5.61. The van der Waals surface area contributed by atoms with Crippen molar-refractivity contribution in [3.63, 3.8) is 0 Å². The Bertz CT molecular complexity index is 630. The predicted molar refractivity (Wildman–Crippen MR) is 78.4 cm³/mol. The van der Waals surface area contributed by atoms with E-state index in [0.717, 1.165) is 24.3 Å². The number of halogens is 1. The van der Waals surface area contributed by atoms with E-state index >= 15 is 0 Å².